The van der Waals surface area contributed by atoms with Crippen molar-refractivity contribution >= 4 is 0 Å². The maximum Gasteiger partial charge on any atom is 4.00 e. The third-order valence-electron chi connectivity index (χ3n) is 0. The molecule has 0 aromatic rings. The van der Waals surface area contributed by atoms with E-state index in [1.807, 2.05) is 0 Å². The van der Waals surface area contributed by atoms with Gasteiger partial charge in [0.05, 0.1) is 0 Å². The molecule has 0 aliphatic heterocycles. The smallest absolute Gasteiger partial charge is 0.870 e. The standard InChI is InChI=1S/Co.Mo.6H2O/h;;6*1H2/q+2;+4;;;;;;/p-6. The van der Waals surface area contributed by atoms with Gasteiger partial charge in [-0.25, -0.2) is 0 Å². The van der Waals surface area contributed by atoms with Gasteiger partial charge in [-0.3, -0.25) is 0 Å². The Balaban J connectivity index is 0. The van der Waals surface area contributed by atoms with Crippen molar-refractivity contribution in [2.75, 3.05) is 0 Å². The summed E-state index contributed by atoms with van der Waals surface area (Å²) < 4.78 is 0. The summed E-state index contributed by atoms with van der Waals surface area (Å²) in [5.41, 5.74) is 0. The van der Waals surface area contributed by atoms with Crippen LogP contribution in [0.2, 0.25) is 0 Å². The Kier molecular flexibility index (Phi) is 32800. The normalized spacial score (nSPS) is 0. The minimum Gasteiger partial charge on any atom is -0.870 e. The maximum atomic E-state index is 0. The summed E-state index contributed by atoms with van der Waals surface area (Å²) >= 11 is 0. The second-order valence-corrected chi connectivity index (χ2v) is 0. The van der Waals surface area contributed by atoms with Gasteiger partial charge in [0.25, 0.3) is 0 Å². The molecule has 0 unspecified atom stereocenters. The van der Waals surface area contributed by atoms with E-state index in [1.165, 1.54) is 0 Å². The van der Waals surface area contributed by atoms with Crippen LogP contribution in [-0.2, 0) is 37.8 Å². The van der Waals surface area contributed by atoms with Crippen molar-refractivity contribution < 1.29 is 70.7 Å². The molecular weight excluding hydrogens is 251 g/mol. The maximum absolute atomic E-state index is 0. The Bertz CT molecular complexity index is 8.49. The van der Waals surface area contributed by atoms with Crippen LogP contribution in [-0.4, -0.2) is 32.9 Å². The molecule has 0 heterocycles. The van der Waals surface area contributed by atoms with Crippen LogP contribution in [0.4, 0.5) is 0 Å². The van der Waals surface area contributed by atoms with Crippen LogP contribution in [0.5, 0.6) is 0 Å². The first-order valence-electron chi connectivity index (χ1n) is 0. The van der Waals surface area contributed by atoms with Crippen LogP contribution < -0.4 is 0 Å². The number of hydrogen-bond donors (Lipinski definition) is 0. The molecular formula is H6CoMoO6. The van der Waals surface area contributed by atoms with Crippen molar-refractivity contribution in [3.63, 3.8) is 0 Å². The van der Waals surface area contributed by atoms with Crippen LogP contribution in [0.25, 0.3) is 0 Å². The topological polar surface area (TPSA) is 180 Å². The quantitative estimate of drug-likeness (QED) is 0.498. The van der Waals surface area contributed by atoms with Crippen LogP contribution in [0.3, 0.4) is 0 Å². The van der Waals surface area contributed by atoms with Crippen molar-refractivity contribution in [3.8, 4) is 0 Å². The fourth-order valence-electron chi connectivity index (χ4n) is 0. The Labute approximate surface area is 71.0 Å². The second kappa shape index (κ2) is 422. The van der Waals surface area contributed by atoms with E-state index >= 15 is 0 Å². The molecule has 0 atom stereocenters. The predicted molar refractivity (Wildman–Crippen MR) is 11.6 cm³/mol. The molecule has 0 aromatic heterocycles. The summed E-state index contributed by atoms with van der Waals surface area (Å²) in [7, 11) is 0. The molecule has 0 saturated carbocycles. The molecule has 8 heavy (non-hydrogen) atoms. The van der Waals surface area contributed by atoms with Crippen molar-refractivity contribution in [1.82, 2.24) is 0 Å². The van der Waals surface area contributed by atoms with Crippen LogP contribution in [0, 0.1) is 0 Å². The van der Waals surface area contributed by atoms with E-state index in [9.17, 15) is 0 Å². The zero-order valence-electron chi connectivity index (χ0n) is 3.42. The Hall–Kier alpha value is 0.955. The van der Waals surface area contributed by atoms with Crippen molar-refractivity contribution in [1.29, 1.82) is 0 Å². The molecule has 1 radical (unpaired) electrons. The number of rotatable bonds is 0. The van der Waals surface area contributed by atoms with Crippen LogP contribution in [0.1, 0.15) is 0 Å². The number of hydrogen-bond acceptors (Lipinski definition) is 6. The van der Waals surface area contributed by atoms with Gasteiger partial charge in [0.15, 0.2) is 0 Å². The zero-order chi connectivity index (χ0) is 0. The van der Waals surface area contributed by atoms with Crippen molar-refractivity contribution in [2.45, 2.75) is 0 Å². The predicted octanol–water partition coefficient (Wildman–Crippen LogP) is -1.07. The first-order chi connectivity index (χ1) is 0. The molecule has 0 rings (SSSR count). The molecule has 6 N–H and O–H groups in total. The summed E-state index contributed by atoms with van der Waals surface area (Å²) in [4.78, 5) is 0. The van der Waals surface area contributed by atoms with Gasteiger partial charge in [0, 0.05) is 0 Å². The molecule has 0 saturated heterocycles. The van der Waals surface area contributed by atoms with Gasteiger partial charge in [-0.15, -0.1) is 0 Å². The summed E-state index contributed by atoms with van der Waals surface area (Å²) in [5.74, 6) is 0. The molecule has 0 aliphatic carbocycles. The average molecular weight is 257 g/mol. The molecule has 6 nitrogen and oxygen atoms in total. The van der Waals surface area contributed by atoms with Crippen LogP contribution >= 0.6 is 0 Å². The summed E-state index contributed by atoms with van der Waals surface area (Å²) in [6, 6.07) is 0. The average Bonchev–Trinajstić information content (AvgIpc) is 0. The van der Waals surface area contributed by atoms with E-state index in [4.69, 9.17) is 0 Å². The van der Waals surface area contributed by atoms with E-state index in [1.54, 1.807) is 0 Å². The Morgan fingerprint density at radius 3 is 0.375 bits per heavy atom. The van der Waals surface area contributed by atoms with Gasteiger partial charge in [-0.2, -0.15) is 0 Å². The third kappa shape index (κ3) is 271. The minimum absolute atomic E-state index is 0. The van der Waals surface area contributed by atoms with Crippen LogP contribution in [0.15, 0.2) is 0 Å². The van der Waals surface area contributed by atoms with Crippen molar-refractivity contribution in [3.05, 3.63) is 0 Å². The van der Waals surface area contributed by atoms with Gasteiger partial charge in [-0.05, 0) is 0 Å². The van der Waals surface area contributed by atoms with Crippen molar-refractivity contribution in [2.24, 2.45) is 0 Å². The first-order valence-corrected chi connectivity index (χ1v) is 0. The molecule has 0 fully saturated rings. The van der Waals surface area contributed by atoms with Gasteiger partial charge in [-0.1, -0.05) is 0 Å². The molecule has 0 aliphatic rings. The Morgan fingerprint density at radius 1 is 0.375 bits per heavy atom. The zero-order valence-corrected chi connectivity index (χ0v) is 6.47. The fourth-order valence-corrected chi connectivity index (χ4v) is 0. The molecule has 57 valence electrons. The first kappa shape index (κ1) is 622. The van der Waals surface area contributed by atoms with E-state index in [2.05, 4.69) is 0 Å². The minimum atomic E-state index is 0. The third-order valence-corrected chi connectivity index (χ3v) is 0. The molecule has 0 spiro atoms. The van der Waals surface area contributed by atoms with Gasteiger partial charge in [0.1, 0.15) is 0 Å². The van der Waals surface area contributed by atoms with Gasteiger partial charge in [0.2, 0.25) is 0 Å². The van der Waals surface area contributed by atoms with Gasteiger partial charge >= 0.3 is 37.8 Å². The summed E-state index contributed by atoms with van der Waals surface area (Å²) in [6.07, 6.45) is 0. The SMILES string of the molecule is [Co+2].[Mo+4].[OH-].[OH-].[OH-].[OH-].[OH-].[OH-]. The Morgan fingerprint density at radius 2 is 0.375 bits per heavy atom. The summed E-state index contributed by atoms with van der Waals surface area (Å²) in [6.45, 7) is 0. The summed E-state index contributed by atoms with van der Waals surface area (Å²) in [5, 5.41) is 0. The molecule has 0 bridgehead atoms. The monoisotopic (exact) mass is 259 g/mol. The molecule has 0 amide bonds. The fraction of sp³-hybridized carbons (Fsp3) is 0. The van der Waals surface area contributed by atoms with Gasteiger partial charge < -0.3 is 32.9 Å². The second-order valence-electron chi connectivity index (χ2n) is 0. The largest absolute Gasteiger partial charge is 4.00 e. The van der Waals surface area contributed by atoms with E-state index in [-0.39, 0.29) is 70.7 Å². The van der Waals surface area contributed by atoms with E-state index < -0.39 is 0 Å². The van der Waals surface area contributed by atoms with E-state index in [0.717, 1.165) is 0 Å². The molecule has 0 aromatic carbocycles. The molecule has 8 heteroatoms. The van der Waals surface area contributed by atoms with E-state index in [0.29, 0.717) is 0 Å².